The third kappa shape index (κ3) is 6.28. The first-order chi connectivity index (χ1) is 18.4. The molecule has 6 nitrogen and oxygen atoms in total. The third-order valence-corrected chi connectivity index (χ3v) is 7.48. The molecule has 0 bridgehead atoms. The van der Waals surface area contributed by atoms with Crippen LogP contribution in [0.2, 0.25) is 5.02 Å². The molecule has 1 aromatic heterocycles. The number of hydrogen-bond donors (Lipinski definition) is 2. The Balaban J connectivity index is 1.58. The van der Waals surface area contributed by atoms with Gasteiger partial charge in [-0.25, -0.2) is 4.79 Å². The molecule has 204 valence electrons. The summed E-state index contributed by atoms with van der Waals surface area (Å²) >= 11 is 6.33. The molecular weight excluding hydrogens is 512 g/mol. The number of aromatic nitrogens is 1. The largest absolute Gasteiger partial charge is 0.479 e. The van der Waals surface area contributed by atoms with Crippen molar-refractivity contribution in [2.75, 3.05) is 0 Å². The number of nitrogens with zero attached hydrogens (tertiary/aromatic N) is 1. The number of halogens is 1. The van der Waals surface area contributed by atoms with E-state index in [1.54, 1.807) is 6.07 Å². The van der Waals surface area contributed by atoms with Crippen molar-refractivity contribution in [2.24, 2.45) is 0 Å². The van der Waals surface area contributed by atoms with E-state index in [1.165, 1.54) is 12.5 Å². The van der Waals surface area contributed by atoms with Crippen molar-refractivity contribution in [1.29, 1.82) is 0 Å². The smallest absolute Gasteiger partial charge is 0.344 e. The van der Waals surface area contributed by atoms with E-state index in [-0.39, 0.29) is 11.9 Å². The number of rotatable bonds is 9. The standard InChI is InChI=1S/C32H35ClN2O4/c1-18(2)24-8-7-9-25(14-24)20(4)34-31(36)26-10-11-30-29(15-26)19(3)21(5)35(30)17-23-12-27(33)16-28(13-23)39-22(6)32(37)38/h7-16,18,20,22H,17H2,1-6H3,(H,34,36)(H,37,38)/t20-,22+/m0/s1. The number of fused-ring (bicyclic) bond motifs is 1. The van der Waals surface area contributed by atoms with Gasteiger partial charge in [-0.05, 0) is 92.3 Å². The summed E-state index contributed by atoms with van der Waals surface area (Å²) in [5.74, 6) is -0.332. The highest BCUT2D eigenvalue weighted by atomic mass is 35.5. The number of hydrogen-bond acceptors (Lipinski definition) is 3. The summed E-state index contributed by atoms with van der Waals surface area (Å²) < 4.78 is 7.71. The Hall–Kier alpha value is -3.77. The van der Waals surface area contributed by atoms with E-state index in [0.29, 0.717) is 28.8 Å². The van der Waals surface area contributed by atoms with Crippen LogP contribution in [0.3, 0.4) is 0 Å². The van der Waals surface area contributed by atoms with Crippen LogP contribution in [-0.4, -0.2) is 27.7 Å². The van der Waals surface area contributed by atoms with Gasteiger partial charge in [0.15, 0.2) is 6.10 Å². The molecule has 0 spiro atoms. The number of carbonyl (C=O) groups excluding carboxylic acids is 1. The van der Waals surface area contributed by atoms with E-state index < -0.39 is 12.1 Å². The van der Waals surface area contributed by atoms with Crippen LogP contribution in [0.4, 0.5) is 0 Å². The molecule has 0 fully saturated rings. The number of carboxylic acid groups (broad SMARTS) is 1. The van der Waals surface area contributed by atoms with E-state index in [2.05, 4.69) is 42.8 Å². The van der Waals surface area contributed by atoms with E-state index in [1.807, 2.05) is 56.3 Å². The maximum absolute atomic E-state index is 13.2. The van der Waals surface area contributed by atoms with E-state index in [9.17, 15) is 14.7 Å². The molecule has 0 saturated heterocycles. The lowest BCUT2D eigenvalue weighted by atomic mass is 9.98. The van der Waals surface area contributed by atoms with Crippen molar-refractivity contribution in [3.05, 3.63) is 99.2 Å². The number of carbonyl (C=O) groups is 2. The van der Waals surface area contributed by atoms with Crippen LogP contribution in [0.5, 0.6) is 5.75 Å². The Bertz CT molecular complexity index is 1540. The fourth-order valence-corrected chi connectivity index (χ4v) is 5.01. The minimum absolute atomic E-state index is 0.117. The second-order valence-corrected chi connectivity index (χ2v) is 10.9. The molecule has 0 unspecified atom stereocenters. The highest BCUT2D eigenvalue weighted by Gasteiger charge is 2.18. The summed E-state index contributed by atoms with van der Waals surface area (Å²) in [6, 6.07) is 19.3. The zero-order valence-electron chi connectivity index (χ0n) is 23.2. The van der Waals surface area contributed by atoms with Crippen molar-refractivity contribution in [3.8, 4) is 5.75 Å². The molecule has 0 radical (unpaired) electrons. The van der Waals surface area contributed by atoms with E-state index in [0.717, 1.165) is 33.3 Å². The average molecular weight is 547 g/mol. The third-order valence-electron chi connectivity index (χ3n) is 7.26. The van der Waals surface area contributed by atoms with Crippen LogP contribution in [0, 0.1) is 13.8 Å². The topological polar surface area (TPSA) is 80.6 Å². The van der Waals surface area contributed by atoms with Gasteiger partial charge in [-0.3, -0.25) is 4.79 Å². The summed E-state index contributed by atoms with van der Waals surface area (Å²) in [7, 11) is 0. The van der Waals surface area contributed by atoms with Crippen molar-refractivity contribution in [2.45, 2.75) is 66.2 Å². The SMILES string of the molecule is Cc1c(C)n(Cc2cc(Cl)cc(O[C@H](C)C(=O)O)c2)c2ccc(C(=O)N[C@@H](C)c3cccc(C(C)C)c3)cc12. The summed E-state index contributed by atoms with van der Waals surface area (Å²) in [5, 5.41) is 13.8. The molecule has 1 heterocycles. The number of amides is 1. The number of aliphatic carboxylic acids is 1. The lowest BCUT2D eigenvalue weighted by Crippen LogP contribution is -2.26. The summed E-state index contributed by atoms with van der Waals surface area (Å²) in [4.78, 5) is 24.4. The first kappa shape index (κ1) is 28.2. The first-order valence-corrected chi connectivity index (χ1v) is 13.5. The molecule has 7 heteroatoms. The van der Waals surface area contributed by atoms with Gasteiger partial charge in [0.1, 0.15) is 5.75 Å². The molecule has 4 rings (SSSR count). The second-order valence-electron chi connectivity index (χ2n) is 10.4. The van der Waals surface area contributed by atoms with Gasteiger partial charge in [-0.1, -0.05) is 49.7 Å². The molecule has 0 aliphatic rings. The predicted octanol–water partition coefficient (Wildman–Crippen LogP) is 7.43. The maximum atomic E-state index is 13.2. The molecule has 0 aliphatic carbocycles. The molecule has 3 aromatic carbocycles. The number of carboxylic acids is 1. The van der Waals surface area contributed by atoms with Crippen LogP contribution in [0.25, 0.3) is 10.9 Å². The van der Waals surface area contributed by atoms with Gasteiger partial charge in [0, 0.05) is 33.7 Å². The number of aryl methyl sites for hydroxylation is 1. The lowest BCUT2D eigenvalue weighted by molar-refractivity contribution is -0.144. The molecular formula is C32H35ClN2O4. The van der Waals surface area contributed by atoms with Crippen molar-refractivity contribution < 1.29 is 19.4 Å². The van der Waals surface area contributed by atoms with Gasteiger partial charge in [-0.2, -0.15) is 0 Å². The van der Waals surface area contributed by atoms with Gasteiger partial charge in [0.05, 0.1) is 6.04 Å². The normalized spacial score (nSPS) is 12.9. The highest BCUT2D eigenvalue weighted by molar-refractivity contribution is 6.30. The number of benzene rings is 3. The lowest BCUT2D eigenvalue weighted by Gasteiger charge is -2.17. The minimum atomic E-state index is -1.04. The summed E-state index contributed by atoms with van der Waals surface area (Å²) in [6.07, 6.45) is -0.987. The predicted molar refractivity (Wildman–Crippen MR) is 156 cm³/mol. The van der Waals surface area contributed by atoms with E-state index in [4.69, 9.17) is 16.3 Å². The molecule has 0 saturated carbocycles. The van der Waals surface area contributed by atoms with Crippen molar-refractivity contribution in [1.82, 2.24) is 9.88 Å². The Morgan fingerprint density at radius 2 is 1.69 bits per heavy atom. The molecule has 2 atom stereocenters. The Kier molecular flexibility index (Phi) is 8.36. The number of nitrogens with one attached hydrogen (secondary N) is 1. The van der Waals surface area contributed by atoms with Crippen molar-refractivity contribution in [3.63, 3.8) is 0 Å². The first-order valence-electron chi connectivity index (χ1n) is 13.1. The zero-order valence-corrected chi connectivity index (χ0v) is 24.0. The minimum Gasteiger partial charge on any atom is -0.479 e. The fourth-order valence-electron chi connectivity index (χ4n) is 4.76. The zero-order chi connectivity index (χ0) is 28.4. The second kappa shape index (κ2) is 11.5. The average Bonchev–Trinajstić information content (AvgIpc) is 3.12. The summed E-state index contributed by atoms with van der Waals surface area (Å²) in [6.45, 7) is 12.4. The highest BCUT2D eigenvalue weighted by Crippen LogP contribution is 2.30. The molecule has 0 aliphatic heterocycles. The Morgan fingerprint density at radius 1 is 0.974 bits per heavy atom. The molecule has 1 amide bonds. The quantitative estimate of drug-likeness (QED) is 0.229. The maximum Gasteiger partial charge on any atom is 0.344 e. The number of ether oxygens (including phenoxy) is 1. The molecule has 39 heavy (non-hydrogen) atoms. The monoisotopic (exact) mass is 546 g/mol. The van der Waals surface area contributed by atoms with Gasteiger partial charge in [-0.15, -0.1) is 0 Å². The summed E-state index contributed by atoms with van der Waals surface area (Å²) in [5.41, 5.74) is 6.98. The van der Waals surface area contributed by atoms with E-state index >= 15 is 0 Å². The Morgan fingerprint density at radius 3 is 2.38 bits per heavy atom. The van der Waals surface area contributed by atoms with Crippen molar-refractivity contribution >= 4 is 34.4 Å². The Labute approximate surface area is 234 Å². The van der Waals surface area contributed by atoms with Crippen LogP contribution in [0.1, 0.15) is 78.0 Å². The van der Waals surface area contributed by atoms with Gasteiger partial charge >= 0.3 is 5.97 Å². The van der Waals surface area contributed by atoms with Gasteiger partial charge < -0.3 is 19.7 Å². The van der Waals surface area contributed by atoms with Gasteiger partial charge in [0.25, 0.3) is 5.91 Å². The molecule has 2 N–H and O–H groups in total. The van der Waals surface area contributed by atoms with Crippen LogP contribution in [-0.2, 0) is 11.3 Å². The van der Waals surface area contributed by atoms with Crippen LogP contribution < -0.4 is 10.1 Å². The fraction of sp³-hybridized carbons (Fsp3) is 0.312. The van der Waals surface area contributed by atoms with Gasteiger partial charge in [0.2, 0.25) is 0 Å². The molecule has 4 aromatic rings. The van der Waals surface area contributed by atoms with Crippen LogP contribution in [0.15, 0.2) is 60.7 Å². The van der Waals surface area contributed by atoms with Crippen LogP contribution >= 0.6 is 11.6 Å².